The molecule has 0 aromatic carbocycles. The highest BCUT2D eigenvalue weighted by molar-refractivity contribution is 7.99. The number of amides is 1. The first kappa shape index (κ1) is 13.9. The molecule has 1 saturated heterocycles. The average molecular weight is 269 g/mol. The Balaban J connectivity index is 1.70. The predicted octanol–water partition coefficient (Wildman–Crippen LogP) is 2.11. The van der Waals surface area contributed by atoms with Crippen LogP contribution in [0.2, 0.25) is 0 Å². The van der Waals surface area contributed by atoms with E-state index in [1.807, 2.05) is 11.8 Å². The van der Waals surface area contributed by atoms with Gasteiger partial charge in [0.05, 0.1) is 6.10 Å². The lowest BCUT2D eigenvalue weighted by molar-refractivity contribution is -0.117. The smallest absolute Gasteiger partial charge is 0.244 e. The summed E-state index contributed by atoms with van der Waals surface area (Å²) in [5, 5.41) is 12.8. The number of rotatable bonds is 4. The van der Waals surface area contributed by atoms with Crippen LogP contribution in [0, 0.1) is 5.92 Å². The molecular formula is C14H23NO2S. The molecule has 0 aromatic rings. The minimum atomic E-state index is -0.364. The van der Waals surface area contributed by atoms with Crippen LogP contribution >= 0.6 is 11.8 Å². The fourth-order valence-corrected chi connectivity index (χ4v) is 3.75. The summed E-state index contributed by atoms with van der Waals surface area (Å²) in [7, 11) is 0. The maximum atomic E-state index is 11.7. The van der Waals surface area contributed by atoms with Crippen LogP contribution in [0.3, 0.4) is 0 Å². The van der Waals surface area contributed by atoms with Crippen molar-refractivity contribution in [1.82, 2.24) is 5.32 Å². The highest BCUT2D eigenvalue weighted by Gasteiger charge is 2.23. The monoisotopic (exact) mass is 269 g/mol. The third kappa shape index (κ3) is 4.32. The number of carbonyl (C=O) groups is 1. The fraction of sp³-hybridized carbons (Fsp3) is 0.786. The topological polar surface area (TPSA) is 49.3 Å². The molecule has 102 valence electrons. The number of hydrogen-bond donors (Lipinski definition) is 2. The summed E-state index contributed by atoms with van der Waals surface area (Å²) in [4.78, 5) is 11.7. The molecule has 0 radical (unpaired) electrons. The zero-order valence-electron chi connectivity index (χ0n) is 10.9. The maximum Gasteiger partial charge on any atom is 0.244 e. The van der Waals surface area contributed by atoms with E-state index in [1.165, 1.54) is 18.4 Å². The number of allylic oxidation sites excluding steroid dienone is 1. The predicted molar refractivity (Wildman–Crippen MR) is 75.6 cm³/mol. The molecule has 1 aliphatic carbocycles. The van der Waals surface area contributed by atoms with Gasteiger partial charge in [-0.2, -0.15) is 11.8 Å². The van der Waals surface area contributed by atoms with Crippen LogP contribution in [0.25, 0.3) is 0 Å². The minimum Gasteiger partial charge on any atom is -0.391 e. The molecule has 2 aliphatic rings. The van der Waals surface area contributed by atoms with Crippen molar-refractivity contribution in [2.24, 2.45) is 5.92 Å². The van der Waals surface area contributed by atoms with Crippen LogP contribution in [0.5, 0.6) is 0 Å². The zero-order valence-corrected chi connectivity index (χ0v) is 11.7. The van der Waals surface area contributed by atoms with E-state index in [1.54, 1.807) is 6.08 Å². The van der Waals surface area contributed by atoms with Crippen LogP contribution in [0.4, 0.5) is 0 Å². The Hall–Kier alpha value is -0.480. The van der Waals surface area contributed by atoms with Crippen LogP contribution in [-0.2, 0) is 4.79 Å². The molecule has 1 unspecified atom stereocenters. The van der Waals surface area contributed by atoms with Crippen molar-refractivity contribution in [2.75, 3.05) is 18.1 Å². The molecule has 2 fully saturated rings. The van der Waals surface area contributed by atoms with E-state index >= 15 is 0 Å². The second-order valence-electron chi connectivity index (χ2n) is 5.27. The van der Waals surface area contributed by atoms with Gasteiger partial charge in [0.25, 0.3) is 0 Å². The van der Waals surface area contributed by atoms with Crippen molar-refractivity contribution >= 4 is 17.7 Å². The van der Waals surface area contributed by atoms with Crippen LogP contribution in [0.15, 0.2) is 11.6 Å². The lowest BCUT2D eigenvalue weighted by atomic mass is 10.0. The molecule has 1 aliphatic heterocycles. The highest BCUT2D eigenvalue weighted by atomic mass is 32.2. The average Bonchev–Trinajstić information content (AvgIpc) is 2.91. The van der Waals surface area contributed by atoms with Gasteiger partial charge in [0.1, 0.15) is 0 Å². The first-order valence-electron chi connectivity index (χ1n) is 6.99. The number of thioether (sulfide) groups is 1. The summed E-state index contributed by atoms with van der Waals surface area (Å²) in [5.41, 5.74) is 1.25. The SMILES string of the molecule is O=C(C=C1CCSCC1)NCC(O)C1CCCC1. The van der Waals surface area contributed by atoms with E-state index in [-0.39, 0.29) is 12.0 Å². The number of carbonyl (C=O) groups excluding carboxylic acids is 1. The van der Waals surface area contributed by atoms with E-state index in [2.05, 4.69) is 5.32 Å². The van der Waals surface area contributed by atoms with Crippen molar-refractivity contribution in [3.05, 3.63) is 11.6 Å². The number of nitrogens with one attached hydrogen (secondary N) is 1. The number of hydrogen-bond acceptors (Lipinski definition) is 3. The molecule has 18 heavy (non-hydrogen) atoms. The van der Waals surface area contributed by atoms with Crippen molar-refractivity contribution in [1.29, 1.82) is 0 Å². The van der Waals surface area contributed by atoms with Crippen LogP contribution in [-0.4, -0.2) is 35.2 Å². The van der Waals surface area contributed by atoms with Crippen LogP contribution < -0.4 is 5.32 Å². The Bertz CT molecular complexity index is 303. The third-order valence-corrected chi connectivity index (χ3v) is 4.89. The molecular weight excluding hydrogens is 246 g/mol. The molecule has 0 spiro atoms. The van der Waals surface area contributed by atoms with Crippen molar-refractivity contribution < 1.29 is 9.90 Å². The van der Waals surface area contributed by atoms with Gasteiger partial charge in [-0.25, -0.2) is 0 Å². The van der Waals surface area contributed by atoms with E-state index in [0.29, 0.717) is 12.5 Å². The Kier molecular flexibility index (Phi) is 5.57. The number of aliphatic hydroxyl groups is 1. The molecule has 2 rings (SSSR count). The summed E-state index contributed by atoms with van der Waals surface area (Å²) >= 11 is 1.95. The normalized spacial score (nSPS) is 22.8. The summed E-state index contributed by atoms with van der Waals surface area (Å²) < 4.78 is 0. The summed E-state index contributed by atoms with van der Waals surface area (Å²) in [5.74, 6) is 2.62. The molecule has 1 atom stereocenters. The Morgan fingerprint density at radius 3 is 2.72 bits per heavy atom. The van der Waals surface area contributed by atoms with Crippen molar-refractivity contribution in [3.63, 3.8) is 0 Å². The van der Waals surface area contributed by atoms with Gasteiger partial charge in [-0.15, -0.1) is 0 Å². The summed E-state index contributed by atoms with van der Waals surface area (Å²) in [6.07, 6.45) is 8.09. The van der Waals surface area contributed by atoms with Gasteiger partial charge in [0.15, 0.2) is 0 Å². The summed E-state index contributed by atoms with van der Waals surface area (Å²) in [6, 6.07) is 0. The summed E-state index contributed by atoms with van der Waals surface area (Å²) in [6.45, 7) is 0.405. The van der Waals surface area contributed by atoms with Gasteiger partial charge < -0.3 is 10.4 Å². The van der Waals surface area contributed by atoms with Gasteiger partial charge in [-0.1, -0.05) is 18.4 Å². The second kappa shape index (κ2) is 7.19. The van der Waals surface area contributed by atoms with Gasteiger partial charge >= 0.3 is 0 Å². The maximum absolute atomic E-state index is 11.7. The largest absolute Gasteiger partial charge is 0.391 e. The second-order valence-corrected chi connectivity index (χ2v) is 6.50. The van der Waals surface area contributed by atoms with E-state index in [9.17, 15) is 9.90 Å². The molecule has 0 bridgehead atoms. The highest BCUT2D eigenvalue weighted by Crippen LogP contribution is 2.27. The zero-order chi connectivity index (χ0) is 12.8. The minimum absolute atomic E-state index is 0.0334. The molecule has 2 N–H and O–H groups in total. The molecule has 1 saturated carbocycles. The van der Waals surface area contributed by atoms with Gasteiger partial charge in [0, 0.05) is 12.6 Å². The Labute approximate surface area is 113 Å². The quantitative estimate of drug-likeness (QED) is 0.769. The first-order valence-corrected chi connectivity index (χ1v) is 8.14. The Morgan fingerprint density at radius 2 is 2.06 bits per heavy atom. The Morgan fingerprint density at radius 1 is 1.39 bits per heavy atom. The third-order valence-electron chi connectivity index (χ3n) is 3.90. The number of aliphatic hydroxyl groups excluding tert-OH is 1. The van der Waals surface area contributed by atoms with E-state index in [0.717, 1.165) is 37.2 Å². The standard InChI is InChI=1S/C14H23NO2S/c16-13(12-3-1-2-4-12)10-15-14(17)9-11-5-7-18-8-6-11/h9,12-13,16H,1-8,10H2,(H,15,17). The van der Waals surface area contributed by atoms with Crippen molar-refractivity contribution in [2.45, 2.75) is 44.6 Å². The lowest BCUT2D eigenvalue weighted by Crippen LogP contribution is -2.35. The fourth-order valence-electron chi connectivity index (χ4n) is 2.73. The van der Waals surface area contributed by atoms with Gasteiger partial charge in [-0.05, 0) is 43.1 Å². The van der Waals surface area contributed by atoms with E-state index < -0.39 is 0 Å². The molecule has 4 heteroatoms. The van der Waals surface area contributed by atoms with E-state index in [4.69, 9.17) is 0 Å². The van der Waals surface area contributed by atoms with Gasteiger partial charge in [0.2, 0.25) is 5.91 Å². The van der Waals surface area contributed by atoms with Gasteiger partial charge in [-0.3, -0.25) is 4.79 Å². The molecule has 1 heterocycles. The lowest BCUT2D eigenvalue weighted by Gasteiger charge is -2.18. The van der Waals surface area contributed by atoms with Crippen LogP contribution in [0.1, 0.15) is 38.5 Å². The molecule has 3 nitrogen and oxygen atoms in total. The van der Waals surface area contributed by atoms with Crippen molar-refractivity contribution in [3.8, 4) is 0 Å². The molecule has 0 aromatic heterocycles. The molecule has 1 amide bonds. The first-order chi connectivity index (χ1) is 8.75.